The van der Waals surface area contributed by atoms with Gasteiger partial charge in [-0.15, -0.1) is 0 Å². The van der Waals surface area contributed by atoms with E-state index in [2.05, 4.69) is 15.9 Å². The predicted octanol–water partition coefficient (Wildman–Crippen LogP) is 2.27. The summed E-state index contributed by atoms with van der Waals surface area (Å²) in [5, 5.41) is 0. The Hall–Kier alpha value is -0.960. The van der Waals surface area contributed by atoms with Gasteiger partial charge in [-0.3, -0.25) is 4.18 Å². The minimum atomic E-state index is -4.01. The van der Waals surface area contributed by atoms with E-state index >= 15 is 0 Å². The zero-order valence-electron chi connectivity index (χ0n) is 12.0. The summed E-state index contributed by atoms with van der Waals surface area (Å²) in [6, 6.07) is 5.95. The molecule has 6 nitrogen and oxygen atoms in total. The van der Waals surface area contributed by atoms with Crippen LogP contribution in [0.5, 0.6) is 0 Å². The first-order valence-electron chi connectivity index (χ1n) is 6.85. The summed E-state index contributed by atoms with van der Waals surface area (Å²) < 4.78 is 40.1. The molecule has 1 aliphatic rings. The number of carbonyl (C=O) groups is 1. The smallest absolute Gasteiger partial charge is 0.336 e. The summed E-state index contributed by atoms with van der Waals surface area (Å²) in [5.74, 6) is -0.726. The molecule has 2 atom stereocenters. The topological polar surface area (TPSA) is 78.9 Å². The van der Waals surface area contributed by atoms with Crippen molar-refractivity contribution in [2.45, 2.75) is 36.9 Å². The molecule has 2 rings (SSSR count). The van der Waals surface area contributed by atoms with Gasteiger partial charge in [0.15, 0.2) is 6.10 Å². The third-order valence-corrected chi connectivity index (χ3v) is 5.06. The maximum Gasteiger partial charge on any atom is 0.336 e. The van der Waals surface area contributed by atoms with Gasteiger partial charge >= 0.3 is 5.97 Å². The van der Waals surface area contributed by atoms with Crippen LogP contribution in [-0.2, 0) is 28.6 Å². The summed E-state index contributed by atoms with van der Waals surface area (Å²) in [5.41, 5.74) is 0. The Morgan fingerprint density at radius 2 is 2.09 bits per heavy atom. The summed E-state index contributed by atoms with van der Waals surface area (Å²) in [6.45, 7) is 2.12. The standard InChI is InChI=1S/C14H17BrO6S/c1-10(14(16)20-9-12-3-2-8-19-12)21-22(17,18)13-6-4-11(15)5-7-13/h4-7,10,12H,2-3,8-9H2,1H3/t10-,12?/m0/s1. The van der Waals surface area contributed by atoms with Crippen molar-refractivity contribution in [3.05, 3.63) is 28.7 Å². The van der Waals surface area contributed by atoms with Crippen LogP contribution < -0.4 is 0 Å². The second kappa shape index (κ2) is 7.54. The number of benzene rings is 1. The molecule has 0 spiro atoms. The number of halogens is 1. The highest BCUT2D eigenvalue weighted by Gasteiger charge is 2.26. The molecule has 1 heterocycles. The van der Waals surface area contributed by atoms with Crippen molar-refractivity contribution in [3.63, 3.8) is 0 Å². The average molecular weight is 393 g/mol. The maximum atomic E-state index is 12.0. The molecule has 8 heteroatoms. The SMILES string of the molecule is C[C@H](OS(=O)(=O)c1ccc(Br)cc1)C(=O)OCC1CCCO1. The molecule has 0 amide bonds. The number of esters is 1. The summed E-state index contributed by atoms with van der Waals surface area (Å²) in [4.78, 5) is 11.8. The van der Waals surface area contributed by atoms with Crippen LogP contribution in [0.1, 0.15) is 19.8 Å². The molecule has 1 aliphatic heterocycles. The Bertz CT molecular complexity index is 607. The number of carbonyl (C=O) groups excluding carboxylic acids is 1. The van der Waals surface area contributed by atoms with E-state index in [1.54, 1.807) is 12.1 Å². The Labute approximate surface area is 138 Å². The highest BCUT2D eigenvalue weighted by atomic mass is 79.9. The molecular formula is C14H17BrO6S. The molecule has 0 saturated carbocycles. The fourth-order valence-corrected chi connectivity index (χ4v) is 3.26. The molecule has 0 bridgehead atoms. The fourth-order valence-electron chi connectivity index (χ4n) is 1.95. The van der Waals surface area contributed by atoms with Crippen LogP contribution in [0, 0.1) is 0 Å². The van der Waals surface area contributed by atoms with E-state index in [0.29, 0.717) is 6.61 Å². The molecular weight excluding hydrogens is 376 g/mol. The van der Waals surface area contributed by atoms with E-state index in [0.717, 1.165) is 17.3 Å². The maximum absolute atomic E-state index is 12.0. The lowest BCUT2D eigenvalue weighted by molar-refractivity contribution is -0.154. The highest BCUT2D eigenvalue weighted by Crippen LogP contribution is 2.18. The van der Waals surface area contributed by atoms with Gasteiger partial charge in [0.05, 0.1) is 11.0 Å². The molecule has 1 fully saturated rings. The Balaban J connectivity index is 1.90. The van der Waals surface area contributed by atoms with Gasteiger partial charge < -0.3 is 9.47 Å². The Morgan fingerprint density at radius 3 is 2.68 bits per heavy atom. The highest BCUT2D eigenvalue weighted by molar-refractivity contribution is 9.10. The normalized spacial score (nSPS) is 19.8. The lowest BCUT2D eigenvalue weighted by Gasteiger charge is -2.14. The number of ether oxygens (including phenoxy) is 2. The molecule has 0 N–H and O–H groups in total. The van der Waals surface area contributed by atoms with E-state index in [4.69, 9.17) is 13.7 Å². The molecule has 0 aliphatic carbocycles. The van der Waals surface area contributed by atoms with E-state index in [-0.39, 0.29) is 17.6 Å². The van der Waals surface area contributed by atoms with Crippen molar-refractivity contribution in [1.82, 2.24) is 0 Å². The van der Waals surface area contributed by atoms with Crippen molar-refractivity contribution in [1.29, 1.82) is 0 Å². The van der Waals surface area contributed by atoms with Gasteiger partial charge in [0.2, 0.25) is 0 Å². The average Bonchev–Trinajstić information content (AvgIpc) is 2.98. The summed E-state index contributed by atoms with van der Waals surface area (Å²) in [7, 11) is -4.01. The lowest BCUT2D eigenvalue weighted by atomic mass is 10.2. The van der Waals surface area contributed by atoms with E-state index in [1.807, 2.05) is 0 Å². The summed E-state index contributed by atoms with van der Waals surface area (Å²) >= 11 is 3.22. The fraction of sp³-hybridized carbons (Fsp3) is 0.500. The zero-order chi connectivity index (χ0) is 16.2. The van der Waals surface area contributed by atoms with E-state index < -0.39 is 22.2 Å². The molecule has 1 aromatic carbocycles. The number of rotatable bonds is 6. The number of hydrogen-bond donors (Lipinski definition) is 0. The van der Waals surface area contributed by atoms with Gasteiger partial charge in [-0.2, -0.15) is 8.42 Å². The van der Waals surface area contributed by atoms with Gasteiger partial charge in [-0.1, -0.05) is 15.9 Å². The van der Waals surface area contributed by atoms with Crippen LogP contribution in [0.15, 0.2) is 33.6 Å². The van der Waals surface area contributed by atoms with Gasteiger partial charge in [-0.25, -0.2) is 4.79 Å². The minimum absolute atomic E-state index is 0.0190. The first kappa shape index (κ1) is 17.4. The van der Waals surface area contributed by atoms with Gasteiger partial charge in [0, 0.05) is 11.1 Å². The van der Waals surface area contributed by atoms with Crippen molar-refractivity contribution in [3.8, 4) is 0 Å². The van der Waals surface area contributed by atoms with Crippen molar-refractivity contribution >= 4 is 32.0 Å². The van der Waals surface area contributed by atoms with Gasteiger partial charge in [-0.05, 0) is 44.0 Å². The van der Waals surface area contributed by atoms with Gasteiger partial charge in [0.1, 0.15) is 6.61 Å². The quantitative estimate of drug-likeness (QED) is 0.545. The van der Waals surface area contributed by atoms with Crippen molar-refractivity contribution in [2.24, 2.45) is 0 Å². The molecule has 1 aromatic rings. The van der Waals surface area contributed by atoms with Crippen LogP contribution in [-0.4, -0.2) is 39.8 Å². The monoisotopic (exact) mass is 392 g/mol. The first-order valence-corrected chi connectivity index (χ1v) is 9.06. The van der Waals surface area contributed by atoms with Crippen LogP contribution >= 0.6 is 15.9 Å². The summed E-state index contributed by atoms with van der Waals surface area (Å²) in [6.07, 6.45) is 0.445. The molecule has 22 heavy (non-hydrogen) atoms. The molecule has 1 saturated heterocycles. The van der Waals surface area contributed by atoms with Crippen LogP contribution in [0.3, 0.4) is 0 Å². The van der Waals surface area contributed by atoms with Gasteiger partial charge in [0.25, 0.3) is 10.1 Å². The lowest BCUT2D eigenvalue weighted by Crippen LogP contribution is -2.29. The second-order valence-electron chi connectivity index (χ2n) is 4.91. The van der Waals surface area contributed by atoms with Crippen molar-refractivity contribution < 1.29 is 26.9 Å². The largest absolute Gasteiger partial charge is 0.461 e. The first-order chi connectivity index (χ1) is 10.4. The minimum Gasteiger partial charge on any atom is -0.461 e. The molecule has 0 radical (unpaired) electrons. The Kier molecular flexibility index (Phi) is 5.96. The van der Waals surface area contributed by atoms with E-state index in [1.165, 1.54) is 19.1 Å². The second-order valence-corrected chi connectivity index (χ2v) is 7.40. The van der Waals surface area contributed by atoms with Crippen molar-refractivity contribution in [2.75, 3.05) is 13.2 Å². The van der Waals surface area contributed by atoms with E-state index in [9.17, 15) is 13.2 Å². The van der Waals surface area contributed by atoms with Crippen LogP contribution in [0.4, 0.5) is 0 Å². The number of hydrogen-bond acceptors (Lipinski definition) is 6. The molecule has 122 valence electrons. The third kappa shape index (κ3) is 4.77. The molecule has 0 aromatic heterocycles. The van der Waals surface area contributed by atoms with Crippen LogP contribution in [0.25, 0.3) is 0 Å². The molecule has 1 unspecified atom stereocenters. The third-order valence-electron chi connectivity index (χ3n) is 3.14. The van der Waals surface area contributed by atoms with Crippen LogP contribution in [0.2, 0.25) is 0 Å². The zero-order valence-corrected chi connectivity index (χ0v) is 14.4. The predicted molar refractivity (Wildman–Crippen MR) is 81.8 cm³/mol. The Morgan fingerprint density at radius 1 is 1.41 bits per heavy atom.